The van der Waals surface area contributed by atoms with Gasteiger partial charge in [-0.25, -0.2) is 18.5 Å². The van der Waals surface area contributed by atoms with Gasteiger partial charge in [0.25, 0.3) is 0 Å². The molecule has 0 unspecified atom stereocenters. The van der Waals surface area contributed by atoms with E-state index in [1.165, 1.54) is 12.1 Å². The molecule has 7 nitrogen and oxygen atoms in total. The summed E-state index contributed by atoms with van der Waals surface area (Å²) in [7, 11) is -2.04. The first kappa shape index (κ1) is 22.0. The third kappa shape index (κ3) is 5.27. The molecule has 1 amide bonds. The van der Waals surface area contributed by atoms with Crippen molar-refractivity contribution in [3.8, 4) is 11.3 Å². The van der Waals surface area contributed by atoms with Crippen LogP contribution in [-0.2, 0) is 21.2 Å². The maximum atomic E-state index is 12.6. The highest BCUT2D eigenvalue weighted by Crippen LogP contribution is 2.24. The van der Waals surface area contributed by atoms with Crippen LogP contribution >= 0.6 is 11.6 Å². The van der Waals surface area contributed by atoms with E-state index in [4.69, 9.17) is 21.2 Å². The standard InChI is InChI=1S/C21H22ClN3O4S/c1-14(15-5-9-18(10-6-15)30(23,27)28)25(2)21(26)12-11-20-24-13-19(29-20)16-3-7-17(22)8-4-16/h3-10,13-14H,11-12H2,1-2H3,(H2,23,27,28)/t14-/m1/s1. The highest BCUT2D eigenvalue weighted by atomic mass is 35.5. The summed E-state index contributed by atoms with van der Waals surface area (Å²) in [6.45, 7) is 1.87. The predicted molar refractivity (Wildman–Crippen MR) is 114 cm³/mol. The van der Waals surface area contributed by atoms with E-state index in [0.717, 1.165) is 11.1 Å². The summed E-state index contributed by atoms with van der Waals surface area (Å²) in [5.74, 6) is 1.02. The van der Waals surface area contributed by atoms with Gasteiger partial charge >= 0.3 is 0 Å². The number of amides is 1. The molecule has 1 aromatic heterocycles. The number of carbonyl (C=O) groups excluding carboxylic acids is 1. The van der Waals surface area contributed by atoms with E-state index >= 15 is 0 Å². The van der Waals surface area contributed by atoms with E-state index in [2.05, 4.69) is 4.98 Å². The van der Waals surface area contributed by atoms with Crippen LogP contribution in [0.5, 0.6) is 0 Å². The summed E-state index contributed by atoms with van der Waals surface area (Å²) in [5.41, 5.74) is 1.66. The first-order valence-corrected chi connectivity index (χ1v) is 11.2. The summed E-state index contributed by atoms with van der Waals surface area (Å²) in [4.78, 5) is 18.5. The highest BCUT2D eigenvalue weighted by Gasteiger charge is 2.19. The van der Waals surface area contributed by atoms with E-state index in [0.29, 0.717) is 23.1 Å². The van der Waals surface area contributed by atoms with Crippen molar-refractivity contribution in [2.75, 3.05) is 7.05 Å². The number of nitrogens with two attached hydrogens (primary N) is 1. The van der Waals surface area contributed by atoms with Gasteiger partial charge < -0.3 is 9.32 Å². The van der Waals surface area contributed by atoms with Crippen LogP contribution in [0.1, 0.15) is 30.8 Å². The zero-order valence-corrected chi connectivity index (χ0v) is 18.2. The maximum absolute atomic E-state index is 12.6. The molecule has 0 aliphatic rings. The van der Waals surface area contributed by atoms with E-state index in [1.807, 2.05) is 19.1 Å². The predicted octanol–water partition coefficient (Wildman–Crippen LogP) is 3.79. The van der Waals surface area contributed by atoms with Crippen molar-refractivity contribution >= 4 is 27.5 Å². The fraction of sp³-hybridized carbons (Fsp3) is 0.238. The van der Waals surface area contributed by atoms with Crippen LogP contribution < -0.4 is 5.14 Å². The average Bonchev–Trinajstić information content (AvgIpc) is 3.20. The topological polar surface area (TPSA) is 106 Å². The van der Waals surface area contributed by atoms with Gasteiger partial charge in [-0.05, 0) is 48.9 Å². The van der Waals surface area contributed by atoms with Crippen LogP contribution in [0.2, 0.25) is 5.02 Å². The minimum Gasteiger partial charge on any atom is -0.441 e. The van der Waals surface area contributed by atoms with Gasteiger partial charge in [-0.2, -0.15) is 0 Å². The van der Waals surface area contributed by atoms with Crippen molar-refractivity contribution < 1.29 is 17.6 Å². The smallest absolute Gasteiger partial charge is 0.238 e. The number of aryl methyl sites for hydroxylation is 1. The molecule has 2 aromatic carbocycles. The Morgan fingerprint density at radius 1 is 1.17 bits per heavy atom. The van der Waals surface area contributed by atoms with Gasteiger partial charge in [0.2, 0.25) is 15.9 Å². The second kappa shape index (κ2) is 8.99. The molecule has 0 fully saturated rings. The molecule has 0 spiro atoms. The zero-order chi connectivity index (χ0) is 21.9. The first-order chi connectivity index (χ1) is 14.1. The number of rotatable bonds is 7. The number of hydrogen-bond donors (Lipinski definition) is 1. The van der Waals surface area contributed by atoms with Crippen LogP contribution in [0, 0.1) is 0 Å². The molecule has 9 heteroatoms. The molecule has 3 rings (SSSR count). The van der Waals surface area contributed by atoms with Crippen molar-refractivity contribution in [3.05, 3.63) is 71.2 Å². The molecule has 0 aliphatic heterocycles. The molecular weight excluding hydrogens is 426 g/mol. The average molecular weight is 448 g/mol. The Labute approximate surface area is 180 Å². The Balaban J connectivity index is 1.60. The van der Waals surface area contributed by atoms with Gasteiger partial charge in [-0.3, -0.25) is 4.79 Å². The van der Waals surface area contributed by atoms with Crippen LogP contribution in [0.15, 0.2) is 64.0 Å². The Morgan fingerprint density at radius 2 is 1.80 bits per heavy atom. The summed E-state index contributed by atoms with van der Waals surface area (Å²) < 4.78 is 28.5. The van der Waals surface area contributed by atoms with Crippen molar-refractivity contribution in [1.82, 2.24) is 9.88 Å². The number of carbonyl (C=O) groups is 1. The largest absolute Gasteiger partial charge is 0.441 e. The number of nitrogens with zero attached hydrogens (tertiary/aromatic N) is 2. The van der Waals surface area contributed by atoms with E-state index in [-0.39, 0.29) is 23.3 Å². The number of sulfonamides is 1. The molecule has 2 N–H and O–H groups in total. The number of aromatic nitrogens is 1. The summed E-state index contributed by atoms with van der Waals surface area (Å²) in [6.07, 6.45) is 2.23. The number of hydrogen-bond acceptors (Lipinski definition) is 5. The number of halogens is 1. The second-order valence-electron chi connectivity index (χ2n) is 6.92. The zero-order valence-electron chi connectivity index (χ0n) is 16.6. The van der Waals surface area contributed by atoms with Crippen molar-refractivity contribution in [1.29, 1.82) is 0 Å². The lowest BCUT2D eigenvalue weighted by atomic mass is 10.1. The lowest BCUT2D eigenvalue weighted by molar-refractivity contribution is -0.131. The van der Waals surface area contributed by atoms with E-state index in [1.54, 1.807) is 42.4 Å². The summed E-state index contributed by atoms with van der Waals surface area (Å²) in [5, 5.41) is 5.76. The molecule has 1 heterocycles. The van der Waals surface area contributed by atoms with E-state index < -0.39 is 10.0 Å². The quantitative estimate of drug-likeness (QED) is 0.592. The fourth-order valence-electron chi connectivity index (χ4n) is 2.94. The monoisotopic (exact) mass is 447 g/mol. The van der Waals surface area contributed by atoms with Gasteiger partial charge in [-0.1, -0.05) is 23.7 Å². The second-order valence-corrected chi connectivity index (χ2v) is 8.92. The van der Waals surface area contributed by atoms with Gasteiger partial charge in [0, 0.05) is 30.5 Å². The number of primary sulfonamides is 1. The third-order valence-corrected chi connectivity index (χ3v) is 6.08. The van der Waals surface area contributed by atoms with Crippen molar-refractivity contribution in [3.63, 3.8) is 0 Å². The van der Waals surface area contributed by atoms with Crippen LogP contribution in [0.3, 0.4) is 0 Å². The van der Waals surface area contributed by atoms with E-state index in [9.17, 15) is 13.2 Å². The Hall–Kier alpha value is -2.68. The Bertz CT molecular complexity index is 1130. The highest BCUT2D eigenvalue weighted by molar-refractivity contribution is 7.89. The van der Waals surface area contributed by atoms with Crippen LogP contribution in [0.25, 0.3) is 11.3 Å². The van der Waals surface area contributed by atoms with Gasteiger partial charge in [-0.15, -0.1) is 0 Å². The maximum Gasteiger partial charge on any atom is 0.238 e. The van der Waals surface area contributed by atoms with Gasteiger partial charge in [0.15, 0.2) is 11.7 Å². The molecule has 30 heavy (non-hydrogen) atoms. The Morgan fingerprint density at radius 3 is 2.40 bits per heavy atom. The molecule has 0 saturated heterocycles. The Kier molecular flexibility index (Phi) is 6.60. The van der Waals surface area contributed by atoms with Crippen molar-refractivity contribution in [2.24, 2.45) is 5.14 Å². The minimum absolute atomic E-state index is 0.0350. The lowest BCUT2D eigenvalue weighted by Gasteiger charge is -2.25. The van der Waals surface area contributed by atoms with Crippen LogP contribution in [-0.4, -0.2) is 31.3 Å². The first-order valence-electron chi connectivity index (χ1n) is 9.24. The molecule has 3 aromatic rings. The number of benzene rings is 2. The van der Waals surface area contributed by atoms with Crippen LogP contribution in [0.4, 0.5) is 0 Å². The summed E-state index contributed by atoms with van der Waals surface area (Å²) in [6, 6.07) is 13.2. The minimum atomic E-state index is -3.75. The molecular formula is C21H22ClN3O4S. The normalized spacial score (nSPS) is 12.5. The molecule has 1 atom stereocenters. The van der Waals surface area contributed by atoms with Gasteiger partial charge in [0.1, 0.15) is 0 Å². The molecule has 0 saturated carbocycles. The molecule has 158 valence electrons. The molecule has 0 bridgehead atoms. The third-order valence-electron chi connectivity index (χ3n) is 4.90. The fourth-order valence-corrected chi connectivity index (χ4v) is 3.58. The van der Waals surface area contributed by atoms with Crippen molar-refractivity contribution in [2.45, 2.75) is 30.7 Å². The lowest BCUT2D eigenvalue weighted by Crippen LogP contribution is -2.29. The SMILES string of the molecule is C[C@H](c1ccc(S(N)(=O)=O)cc1)N(C)C(=O)CCc1ncc(-c2ccc(Cl)cc2)o1. The summed E-state index contributed by atoms with van der Waals surface area (Å²) >= 11 is 5.90. The van der Waals surface area contributed by atoms with Gasteiger partial charge in [0.05, 0.1) is 17.1 Å². The molecule has 0 radical (unpaired) electrons. The number of oxazole rings is 1. The molecule has 0 aliphatic carbocycles.